The molecule has 0 bridgehead atoms. The second-order valence-corrected chi connectivity index (χ2v) is 3.49. The summed E-state index contributed by atoms with van der Waals surface area (Å²) >= 11 is 0. The first-order valence-electron chi connectivity index (χ1n) is 5.10. The molecule has 2 aromatic rings. The Hall–Kier alpha value is -1.87. The lowest BCUT2D eigenvalue weighted by molar-refractivity contribution is 0.275. The third-order valence-electron chi connectivity index (χ3n) is 2.25. The fourth-order valence-electron chi connectivity index (χ4n) is 1.39. The molecule has 0 atom stereocenters. The van der Waals surface area contributed by atoms with Crippen molar-refractivity contribution < 1.29 is 9.84 Å². The number of hydrogen-bond donors (Lipinski definition) is 1. The van der Waals surface area contributed by atoms with Crippen LogP contribution in [0.4, 0.5) is 0 Å². The lowest BCUT2D eigenvalue weighted by Crippen LogP contribution is -1.93. The zero-order valence-corrected chi connectivity index (χ0v) is 9.05. The summed E-state index contributed by atoms with van der Waals surface area (Å²) in [7, 11) is 0. The van der Waals surface area contributed by atoms with Gasteiger partial charge < -0.3 is 9.84 Å². The molecule has 3 heteroatoms. The maximum absolute atomic E-state index is 8.96. The predicted octanol–water partition coefficient (Wildman–Crippen LogP) is 2.67. The highest BCUT2D eigenvalue weighted by molar-refractivity contribution is 5.34. The Balaban J connectivity index is 2.24. The van der Waals surface area contributed by atoms with Crippen LogP contribution in [-0.4, -0.2) is 10.1 Å². The molecule has 3 nitrogen and oxygen atoms in total. The molecule has 0 aliphatic heterocycles. The summed E-state index contributed by atoms with van der Waals surface area (Å²) in [5, 5.41) is 8.96. The number of aliphatic hydroxyl groups is 1. The van der Waals surface area contributed by atoms with E-state index < -0.39 is 0 Å². The third kappa shape index (κ3) is 2.38. The van der Waals surface area contributed by atoms with E-state index >= 15 is 0 Å². The second-order valence-electron chi connectivity index (χ2n) is 3.49. The minimum absolute atomic E-state index is 0.0784. The molecular formula is C13H13NO2. The van der Waals surface area contributed by atoms with Gasteiger partial charge in [-0.3, -0.25) is 0 Å². The molecule has 1 N–H and O–H groups in total. The number of hydrogen-bond acceptors (Lipinski definition) is 3. The Bertz CT molecular complexity index is 483. The Morgan fingerprint density at radius 2 is 1.94 bits per heavy atom. The van der Waals surface area contributed by atoms with Crippen LogP contribution in [0.5, 0.6) is 11.6 Å². The summed E-state index contributed by atoms with van der Waals surface area (Å²) in [6.07, 6.45) is 0. The van der Waals surface area contributed by atoms with E-state index in [0.29, 0.717) is 11.6 Å². The minimum Gasteiger partial charge on any atom is -0.439 e. The number of ether oxygens (including phenoxy) is 1. The zero-order valence-electron chi connectivity index (χ0n) is 9.05. The van der Waals surface area contributed by atoms with Gasteiger partial charge in [0.05, 0.1) is 12.3 Å². The van der Waals surface area contributed by atoms with Crippen LogP contribution >= 0.6 is 0 Å². The summed E-state index contributed by atoms with van der Waals surface area (Å²) in [5.41, 5.74) is 1.66. The van der Waals surface area contributed by atoms with Crippen LogP contribution in [0.2, 0.25) is 0 Å². The monoisotopic (exact) mass is 215 g/mol. The van der Waals surface area contributed by atoms with E-state index in [4.69, 9.17) is 9.84 Å². The number of pyridine rings is 1. The van der Waals surface area contributed by atoms with Crippen molar-refractivity contribution in [2.75, 3.05) is 0 Å². The molecule has 0 aliphatic rings. The molecule has 0 saturated heterocycles. The first-order valence-corrected chi connectivity index (χ1v) is 5.10. The van der Waals surface area contributed by atoms with E-state index in [2.05, 4.69) is 4.98 Å². The number of rotatable bonds is 3. The number of nitrogens with zero attached hydrogens (tertiary/aromatic N) is 1. The standard InChI is InChI=1S/C13H13NO2/c1-10-5-2-3-7-12(10)16-13-8-4-6-11(9-15)14-13/h2-8,15H,9H2,1H3. The molecule has 0 fully saturated rings. The highest BCUT2D eigenvalue weighted by Crippen LogP contribution is 2.22. The normalized spacial score (nSPS) is 10.1. The average Bonchev–Trinajstić information content (AvgIpc) is 2.32. The quantitative estimate of drug-likeness (QED) is 0.855. The topological polar surface area (TPSA) is 42.4 Å². The molecule has 1 aromatic carbocycles. The number of aliphatic hydroxyl groups excluding tert-OH is 1. The summed E-state index contributed by atoms with van der Waals surface area (Å²) in [5.74, 6) is 1.28. The Kier molecular flexibility index (Phi) is 3.17. The van der Waals surface area contributed by atoms with Gasteiger partial charge in [0, 0.05) is 6.07 Å². The van der Waals surface area contributed by atoms with Crippen molar-refractivity contribution in [3.63, 3.8) is 0 Å². The lowest BCUT2D eigenvalue weighted by Gasteiger charge is -2.07. The molecular weight excluding hydrogens is 202 g/mol. The molecule has 16 heavy (non-hydrogen) atoms. The van der Waals surface area contributed by atoms with E-state index in [0.717, 1.165) is 11.3 Å². The molecule has 0 saturated carbocycles. The highest BCUT2D eigenvalue weighted by Gasteiger charge is 2.02. The van der Waals surface area contributed by atoms with Gasteiger partial charge in [0.25, 0.3) is 0 Å². The van der Waals surface area contributed by atoms with Crippen LogP contribution < -0.4 is 4.74 Å². The largest absolute Gasteiger partial charge is 0.439 e. The molecule has 0 unspecified atom stereocenters. The summed E-state index contributed by atoms with van der Waals surface area (Å²) in [4.78, 5) is 4.16. The van der Waals surface area contributed by atoms with Crippen LogP contribution in [0.3, 0.4) is 0 Å². The van der Waals surface area contributed by atoms with Crippen molar-refractivity contribution in [3.05, 3.63) is 53.7 Å². The van der Waals surface area contributed by atoms with E-state index in [-0.39, 0.29) is 6.61 Å². The fraction of sp³-hybridized carbons (Fsp3) is 0.154. The number of para-hydroxylation sites is 1. The lowest BCUT2D eigenvalue weighted by atomic mass is 10.2. The van der Waals surface area contributed by atoms with Crippen molar-refractivity contribution in [2.45, 2.75) is 13.5 Å². The molecule has 82 valence electrons. The van der Waals surface area contributed by atoms with Crippen LogP contribution in [0.25, 0.3) is 0 Å². The van der Waals surface area contributed by atoms with E-state index in [1.54, 1.807) is 12.1 Å². The van der Waals surface area contributed by atoms with Gasteiger partial charge in [-0.05, 0) is 24.6 Å². The summed E-state index contributed by atoms with van der Waals surface area (Å²) in [6, 6.07) is 13.1. The third-order valence-corrected chi connectivity index (χ3v) is 2.25. The SMILES string of the molecule is Cc1ccccc1Oc1cccc(CO)n1. The van der Waals surface area contributed by atoms with Crippen molar-refractivity contribution >= 4 is 0 Å². The van der Waals surface area contributed by atoms with Gasteiger partial charge in [0.15, 0.2) is 0 Å². The number of aryl methyl sites for hydroxylation is 1. The number of benzene rings is 1. The molecule has 0 aliphatic carbocycles. The maximum Gasteiger partial charge on any atom is 0.219 e. The summed E-state index contributed by atoms with van der Waals surface area (Å²) in [6.45, 7) is 1.90. The van der Waals surface area contributed by atoms with E-state index in [1.165, 1.54) is 0 Å². The van der Waals surface area contributed by atoms with Crippen molar-refractivity contribution in [2.24, 2.45) is 0 Å². The fourth-order valence-corrected chi connectivity index (χ4v) is 1.39. The Labute approximate surface area is 94.3 Å². The first-order chi connectivity index (χ1) is 7.79. The predicted molar refractivity (Wildman–Crippen MR) is 61.4 cm³/mol. The van der Waals surface area contributed by atoms with Gasteiger partial charge >= 0.3 is 0 Å². The molecule has 1 aromatic heterocycles. The van der Waals surface area contributed by atoms with E-state index in [1.807, 2.05) is 37.3 Å². The Morgan fingerprint density at radius 3 is 2.69 bits per heavy atom. The van der Waals surface area contributed by atoms with Crippen LogP contribution in [0, 0.1) is 6.92 Å². The van der Waals surface area contributed by atoms with Gasteiger partial charge in [0.2, 0.25) is 5.88 Å². The van der Waals surface area contributed by atoms with Crippen LogP contribution in [-0.2, 0) is 6.61 Å². The molecule has 1 heterocycles. The Morgan fingerprint density at radius 1 is 1.12 bits per heavy atom. The van der Waals surface area contributed by atoms with Crippen molar-refractivity contribution in [3.8, 4) is 11.6 Å². The summed E-state index contributed by atoms with van der Waals surface area (Å²) < 4.78 is 5.63. The highest BCUT2D eigenvalue weighted by atomic mass is 16.5. The van der Waals surface area contributed by atoms with Crippen LogP contribution in [0.15, 0.2) is 42.5 Å². The maximum atomic E-state index is 8.96. The van der Waals surface area contributed by atoms with E-state index in [9.17, 15) is 0 Å². The van der Waals surface area contributed by atoms with Crippen molar-refractivity contribution in [1.82, 2.24) is 4.98 Å². The molecule has 2 rings (SSSR count). The van der Waals surface area contributed by atoms with Crippen molar-refractivity contribution in [1.29, 1.82) is 0 Å². The van der Waals surface area contributed by atoms with Gasteiger partial charge in [0.1, 0.15) is 5.75 Å². The van der Waals surface area contributed by atoms with Gasteiger partial charge in [-0.1, -0.05) is 24.3 Å². The smallest absolute Gasteiger partial charge is 0.219 e. The van der Waals surface area contributed by atoms with Gasteiger partial charge in [-0.25, -0.2) is 4.98 Å². The van der Waals surface area contributed by atoms with Gasteiger partial charge in [-0.2, -0.15) is 0 Å². The minimum atomic E-state index is -0.0784. The first kappa shape index (κ1) is 10.6. The van der Waals surface area contributed by atoms with Crippen LogP contribution in [0.1, 0.15) is 11.3 Å². The average molecular weight is 215 g/mol. The van der Waals surface area contributed by atoms with Gasteiger partial charge in [-0.15, -0.1) is 0 Å². The second kappa shape index (κ2) is 4.77. The zero-order chi connectivity index (χ0) is 11.4. The molecule has 0 radical (unpaired) electrons. The molecule has 0 spiro atoms. The molecule has 0 amide bonds. The number of aromatic nitrogens is 1.